The number of hydrogen-bond donors (Lipinski definition) is 2. The standard InChI is InChI=1S/C22H26N4O/c1-15-5-8-18(9-6-15)20-13-24-21(27-20)14-26-22(23-4)25-12-19-10-7-16(2)11-17(19)3/h5-11,13H,12,14H2,1-4H3,(H2,23,25,26). The second-order valence-corrected chi connectivity index (χ2v) is 6.69. The zero-order valence-corrected chi connectivity index (χ0v) is 16.3. The molecule has 0 saturated heterocycles. The summed E-state index contributed by atoms with van der Waals surface area (Å²) in [5.74, 6) is 2.11. The molecule has 0 aliphatic rings. The molecule has 0 bridgehead atoms. The average Bonchev–Trinajstić information content (AvgIpc) is 3.13. The van der Waals surface area contributed by atoms with Crippen LogP contribution >= 0.6 is 0 Å². The van der Waals surface area contributed by atoms with Crippen LogP contribution in [0.3, 0.4) is 0 Å². The molecular formula is C22H26N4O. The number of guanidine groups is 1. The van der Waals surface area contributed by atoms with Gasteiger partial charge in [-0.25, -0.2) is 4.98 Å². The SMILES string of the molecule is CN=C(NCc1ncc(-c2ccc(C)cc2)o1)NCc1ccc(C)cc1C. The molecule has 0 radical (unpaired) electrons. The van der Waals surface area contributed by atoms with E-state index < -0.39 is 0 Å². The van der Waals surface area contributed by atoms with Crippen molar-refractivity contribution >= 4 is 5.96 Å². The molecule has 1 aromatic heterocycles. The van der Waals surface area contributed by atoms with Crippen LogP contribution in [0.4, 0.5) is 0 Å². The number of aliphatic imine (C=N–C) groups is 1. The van der Waals surface area contributed by atoms with Gasteiger partial charge >= 0.3 is 0 Å². The summed E-state index contributed by atoms with van der Waals surface area (Å²) in [5.41, 5.74) is 6.04. The van der Waals surface area contributed by atoms with Crippen LogP contribution in [0.1, 0.15) is 28.1 Å². The van der Waals surface area contributed by atoms with Gasteiger partial charge in [0.2, 0.25) is 5.89 Å². The van der Waals surface area contributed by atoms with Crippen molar-refractivity contribution in [1.29, 1.82) is 0 Å². The van der Waals surface area contributed by atoms with Gasteiger partial charge in [-0.3, -0.25) is 4.99 Å². The number of nitrogens with zero attached hydrogens (tertiary/aromatic N) is 2. The molecule has 0 saturated carbocycles. The molecule has 2 aromatic carbocycles. The molecule has 0 unspecified atom stereocenters. The van der Waals surface area contributed by atoms with Crippen molar-refractivity contribution in [2.45, 2.75) is 33.9 Å². The lowest BCUT2D eigenvalue weighted by molar-refractivity contribution is 0.497. The molecule has 2 N–H and O–H groups in total. The maximum Gasteiger partial charge on any atom is 0.214 e. The van der Waals surface area contributed by atoms with Crippen LogP contribution in [0, 0.1) is 20.8 Å². The van der Waals surface area contributed by atoms with E-state index in [0.717, 1.165) is 11.3 Å². The van der Waals surface area contributed by atoms with Crippen molar-refractivity contribution in [2.24, 2.45) is 4.99 Å². The van der Waals surface area contributed by atoms with Crippen LogP contribution in [0.15, 0.2) is 58.1 Å². The van der Waals surface area contributed by atoms with E-state index in [1.807, 2.05) is 12.1 Å². The largest absolute Gasteiger partial charge is 0.439 e. The summed E-state index contributed by atoms with van der Waals surface area (Å²) in [7, 11) is 1.75. The quantitative estimate of drug-likeness (QED) is 0.529. The van der Waals surface area contributed by atoms with Crippen LogP contribution in [0.25, 0.3) is 11.3 Å². The van der Waals surface area contributed by atoms with Crippen molar-refractivity contribution in [2.75, 3.05) is 7.05 Å². The molecule has 0 aliphatic heterocycles. The molecule has 140 valence electrons. The lowest BCUT2D eigenvalue weighted by Crippen LogP contribution is -2.36. The molecule has 0 amide bonds. The fraction of sp³-hybridized carbons (Fsp3) is 0.273. The predicted octanol–water partition coefficient (Wildman–Crippen LogP) is 4.13. The number of aromatic nitrogens is 1. The van der Waals surface area contributed by atoms with Crippen LogP contribution in [-0.2, 0) is 13.1 Å². The summed E-state index contributed by atoms with van der Waals surface area (Å²) >= 11 is 0. The number of benzene rings is 2. The average molecular weight is 362 g/mol. The molecule has 3 aromatic rings. The van der Waals surface area contributed by atoms with E-state index in [4.69, 9.17) is 4.42 Å². The highest BCUT2D eigenvalue weighted by atomic mass is 16.4. The number of hydrogen-bond acceptors (Lipinski definition) is 3. The Balaban J connectivity index is 1.56. The Morgan fingerprint density at radius 1 is 0.963 bits per heavy atom. The molecule has 0 aliphatic carbocycles. The molecule has 0 spiro atoms. The first-order chi connectivity index (χ1) is 13.0. The molecule has 3 rings (SSSR count). The van der Waals surface area contributed by atoms with Gasteiger partial charge in [0, 0.05) is 19.2 Å². The molecule has 1 heterocycles. The first-order valence-electron chi connectivity index (χ1n) is 9.07. The van der Waals surface area contributed by atoms with Gasteiger partial charge in [-0.15, -0.1) is 0 Å². The highest BCUT2D eigenvalue weighted by Gasteiger charge is 2.07. The Morgan fingerprint density at radius 3 is 2.37 bits per heavy atom. The van der Waals surface area contributed by atoms with Crippen molar-refractivity contribution in [3.8, 4) is 11.3 Å². The molecular weight excluding hydrogens is 336 g/mol. The Morgan fingerprint density at radius 2 is 1.67 bits per heavy atom. The van der Waals surface area contributed by atoms with Crippen LogP contribution in [0.5, 0.6) is 0 Å². The molecule has 27 heavy (non-hydrogen) atoms. The highest BCUT2D eigenvalue weighted by molar-refractivity contribution is 5.79. The summed E-state index contributed by atoms with van der Waals surface area (Å²) in [6.45, 7) is 7.48. The first kappa shape index (κ1) is 18.7. The van der Waals surface area contributed by atoms with E-state index in [2.05, 4.69) is 71.7 Å². The minimum Gasteiger partial charge on any atom is -0.439 e. The first-order valence-corrected chi connectivity index (χ1v) is 9.07. The van der Waals surface area contributed by atoms with Gasteiger partial charge in [0.05, 0.1) is 12.7 Å². The Labute approximate surface area is 160 Å². The second kappa shape index (κ2) is 8.54. The number of rotatable bonds is 5. The van der Waals surface area contributed by atoms with Gasteiger partial charge < -0.3 is 15.1 Å². The molecule has 5 nitrogen and oxygen atoms in total. The van der Waals surface area contributed by atoms with Gasteiger partial charge in [0.15, 0.2) is 11.7 Å². The Bertz CT molecular complexity index is 926. The van der Waals surface area contributed by atoms with Gasteiger partial charge in [0.1, 0.15) is 0 Å². The van der Waals surface area contributed by atoms with Gasteiger partial charge in [0.25, 0.3) is 0 Å². The van der Waals surface area contributed by atoms with Crippen LogP contribution in [-0.4, -0.2) is 18.0 Å². The van der Waals surface area contributed by atoms with Crippen LogP contribution < -0.4 is 10.6 Å². The van der Waals surface area contributed by atoms with E-state index >= 15 is 0 Å². The second-order valence-electron chi connectivity index (χ2n) is 6.69. The van der Waals surface area contributed by atoms with Crippen molar-refractivity contribution < 1.29 is 4.42 Å². The number of nitrogens with one attached hydrogen (secondary N) is 2. The highest BCUT2D eigenvalue weighted by Crippen LogP contribution is 2.20. The van der Waals surface area contributed by atoms with E-state index in [1.54, 1.807) is 13.2 Å². The summed E-state index contributed by atoms with van der Waals surface area (Å²) in [5, 5.41) is 6.57. The minimum absolute atomic E-state index is 0.471. The van der Waals surface area contributed by atoms with E-state index in [-0.39, 0.29) is 0 Å². The van der Waals surface area contributed by atoms with Gasteiger partial charge in [-0.2, -0.15) is 0 Å². The third-order valence-electron chi connectivity index (χ3n) is 4.46. The molecule has 0 fully saturated rings. The van der Waals surface area contributed by atoms with Crippen LogP contribution in [0.2, 0.25) is 0 Å². The molecule has 5 heteroatoms. The van der Waals surface area contributed by atoms with E-state index in [0.29, 0.717) is 24.9 Å². The zero-order valence-electron chi connectivity index (χ0n) is 16.3. The van der Waals surface area contributed by atoms with Gasteiger partial charge in [-0.1, -0.05) is 53.6 Å². The van der Waals surface area contributed by atoms with Crippen molar-refractivity contribution in [3.63, 3.8) is 0 Å². The van der Waals surface area contributed by atoms with Crippen molar-refractivity contribution in [3.05, 3.63) is 76.8 Å². The topological polar surface area (TPSA) is 62.5 Å². The van der Waals surface area contributed by atoms with E-state index in [9.17, 15) is 0 Å². The maximum atomic E-state index is 5.84. The number of oxazole rings is 1. The van der Waals surface area contributed by atoms with Crippen molar-refractivity contribution in [1.82, 2.24) is 15.6 Å². The summed E-state index contributed by atoms with van der Waals surface area (Å²) < 4.78 is 5.84. The third-order valence-corrected chi connectivity index (χ3v) is 4.46. The minimum atomic E-state index is 0.471. The summed E-state index contributed by atoms with van der Waals surface area (Å²) in [6.07, 6.45) is 1.76. The predicted molar refractivity (Wildman–Crippen MR) is 110 cm³/mol. The smallest absolute Gasteiger partial charge is 0.214 e. The summed E-state index contributed by atoms with van der Waals surface area (Å²) in [6, 6.07) is 14.7. The monoisotopic (exact) mass is 362 g/mol. The normalized spacial score (nSPS) is 11.5. The van der Waals surface area contributed by atoms with Gasteiger partial charge in [-0.05, 0) is 31.9 Å². The zero-order chi connectivity index (χ0) is 19.2. The fourth-order valence-corrected chi connectivity index (χ4v) is 2.85. The summed E-state index contributed by atoms with van der Waals surface area (Å²) in [4.78, 5) is 8.62. The molecule has 0 atom stereocenters. The Hall–Kier alpha value is -3.08. The lowest BCUT2D eigenvalue weighted by Gasteiger charge is -2.12. The fourth-order valence-electron chi connectivity index (χ4n) is 2.85. The third kappa shape index (κ3) is 4.97. The van der Waals surface area contributed by atoms with E-state index in [1.165, 1.54) is 22.3 Å². The Kier molecular flexibility index (Phi) is 5.91. The lowest BCUT2D eigenvalue weighted by atomic mass is 10.1. The number of aryl methyl sites for hydroxylation is 3. The maximum absolute atomic E-state index is 5.84.